The van der Waals surface area contributed by atoms with Crippen molar-refractivity contribution < 1.29 is 19.8 Å². The standard InChI is InChI=1S/C13H16N2O4/c1-7-3-4-10(8(2)14-7)12(17)15-6-9(16)5-11(15)13(18)19/h3-4,9,11,16H,5-6H2,1-2H3,(H,18,19)/t9-,11-/m1/s1. The molecule has 2 N–H and O–H groups in total. The Bertz CT molecular complexity index is 529. The fourth-order valence-corrected chi connectivity index (χ4v) is 2.34. The highest BCUT2D eigenvalue weighted by molar-refractivity contribution is 5.97. The predicted octanol–water partition coefficient (Wildman–Crippen LogP) is 0.358. The Morgan fingerprint density at radius 2 is 2.05 bits per heavy atom. The van der Waals surface area contributed by atoms with E-state index >= 15 is 0 Å². The number of carboxylic acids is 1. The van der Waals surface area contributed by atoms with E-state index in [1.165, 1.54) is 4.90 Å². The number of aryl methyl sites for hydroxylation is 2. The van der Waals surface area contributed by atoms with E-state index in [4.69, 9.17) is 5.11 Å². The van der Waals surface area contributed by atoms with E-state index in [1.54, 1.807) is 19.1 Å². The molecule has 0 aromatic carbocycles. The first-order valence-corrected chi connectivity index (χ1v) is 6.06. The number of amides is 1. The van der Waals surface area contributed by atoms with Crippen molar-refractivity contribution in [3.05, 3.63) is 29.1 Å². The van der Waals surface area contributed by atoms with Crippen LogP contribution in [-0.2, 0) is 4.79 Å². The molecule has 0 saturated carbocycles. The molecule has 1 aliphatic rings. The highest BCUT2D eigenvalue weighted by atomic mass is 16.4. The molecule has 6 nitrogen and oxygen atoms in total. The number of β-amino-alcohol motifs (C(OH)–C–C–N with tert-alkyl or cyclic N) is 1. The van der Waals surface area contributed by atoms with Gasteiger partial charge in [-0.05, 0) is 26.0 Å². The number of nitrogens with zero attached hydrogens (tertiary/aromatic N) is 2. The fourth-order valence-electron chi connectivity index (χ4n) is 2.34. The molecule has 1 amide bonds. The first-order chi connectivity index (χ1) is 8.90. The number of aliphatic carboxylic acids is 1. The molecule has 2 heterocycles. The van der Waals surface area contributed by atoms with Crippen LogP contribution in [0, 0.1) is 13.8 Å². The first-order valence-electron chi connectivity index (χ1n) is 6.06. The van der Waals surface area contributed by atoms with Gasteiger partial charge in [0, 0.05) is 18.7 Å². The maximum absolute atomic E-state index is 12.4. The molecule has 1 fully saturated rings. The first kappa shape index (κ1) is 13.5. The van der Waals surface area contributed by atoms with Crippen molar-refractivity contribution in [2.75, 3.05) is 6.54 Å². The van der Waals surface area contributed by atoms with Gasteiger partial charge in [-0.2, -0.15) is 0 Å². The summed E-state index contributed by atoms with van der Waals surface area (Å²) in [7, 11) is 0. The maximum atomic E-state index is 12.4. The fraction of sp³-hybridized carbons (Fsp3) is 0.462. The molecule has 0 bridgehead atoms. The molecule has 1 saturated heterocycles. The molecular formula is C13H16N2O4. The van der Waals surface area contributed by atoms with Crippen LogP contribution in [0.15, 0.2) is 12.1 Å². The Balaban J connectivity index is 2.30. The molecule has 19 heavy (non-hydrogen) atoms. The van der Waals surface area contributed by atoms with Crippen molar-refractivity contribution in [1.29, 1.82) is 0 Å². The number of pyridine rings is 1. The van der Waals surface area contributed by atoms with E-state index in [0.29, 0.717) is 11.3 Å². The van der Waals surface area contributed by atoms with Crippen molar-refractivity contribution >= 4 is 11.9 Å². The quantitative estimate of drug-likeness (QED) is 0.804. The summed E-state index contributed by atoms with van der Waals surface area (Å²) >= 11 is 0. The Morgan fingerprint density at radius 1 is 1.37 bits per heavy atom. The van der Waals surface area contributed by atoms with Crippen molar-refractivity contribution in [2.24, 2.45) is 0 Å². The molecule has 2 atom stereocenters. The normalized spacial score (nSPS) is 22.6. The van der Waals surface area contributed by atoms with Gasteiger partial charge in [0.25, 0.3) is 5.91 Å². The third kappa shape index (κ3) is 2.58. The molecule has 0 spiro atoms. The highest BCUT2D eigenvalue weighted by Crippen LogP contribution is 2.22. The number of hydrogen-bond donors (Lipinski definition) is 2. The third-order valence-electron chi connectivity index (χ3n) is 3.28. The lowest BCUT2D eigenvalue weighted by Gasteiger charge is -2.21. The highest BCUT2D eigenvalue weighted by Gasteiger charge is 2.39. The van der Waals surface area contributed by atoms with Crippen LogP contribution in [0.2, 0.25) is 0 Å². The van der Waals surface area contributed by atoms with Crippen LogP contribution in [0.25, 0.3) is 0 Å². The van der Waals surface area contributed by atoms with Crippen LogP contribution in [0.3, 0.4) is 0 Å². The summed E-state index contributed by atoms with van der Waals surface area (Å²) in [6.45, 7) is 3.58. The van der Waals surface area contributed by atoms with Gasteiger partial charge < -0.3 is 15.1 Å². The summed E-state index contributed by atoms with van der Waals surface area (Å²) in [5.41, 5.74) is 1.74. The second kappa shape index (κ2) is 4.97. The predicted molar refractivity (Wildman–Crippen MR) is 66.8 cm³/mol. The van der Waals surface area contributed by atoms with Crippen LogP contribution in [-0.4, -0.2) is 50.7 Å². The van der Waals surface area contributed by atoms with Gasteiger partial charge in [0.2, 0.25) is 0 Å². The Labute approximate surface area is 110 Å². The number of aromatic nitrogens is 1. The van der Waals surface area contributed by atoms with Crippen molar-refractivity contribution in [1.82, 2.24) is 9.88 Å². The van der Waals surface area contributed by atoms with Gasteiger partial charge in [0.15, 0.2) is 0 Å². The van der Waals surface area contributed by atoms with E-state index in [-0.39, 0.29) is 13.0 Å². The SMILES string of the molecule is Cc1ccc(C(=O)N2C[C@H](O)C[C@@H]2C(=O)O)c(C)n1. The number of aliphatic hydroxyl groups is 1. The monoisotopic (exact) mass is 264 g/mol. The molecule has 1 aromatic heterocycles. The van der Waals surface area contributed by atoms with Gasteiger partial charge >= 0.3 is 5.97 Å². The zero-order valence-electron chi connectivity index (χ0n) is 10.8. The van der Waals surface area contributed by atoms with Crippen molar-refractivity contribution in [2.45, 2.75) is 32.4 Å². The number of carbonyl (C=O) groups excluding carboxylic acids is 1. The van der Waals surface area contributed by atoms with Gasteiger partial charge in [-0.15, -0.1) is 0 Å². The molecule has 102 valence electrons. The van der Waals surface area contributed by atoms with Gasteiger partial charge in [-0.25, -0.2) is 4.79 Å². The Morgan fingerprint density at radius 3 is 2.63 bits per heavy atom. The lowest BCUT2D eigenvalue weighted by Crippen LogP contribution is -2.40. The molecule has 6 heteroatoms. The van der Waals surface area contributed by atoms with Crippen LogP contribution < -0.4 is 0 Å². The summed E-state index contributed by atoms with van der Waals surface area (Å²) in [4.78, 5) is 28.9. The lowest BCUT2D eigenvalue weighted by atomic mass is 10.1. The van der Waals surface area contributed by atoms with Crippen molar-refractivity contribution in [3.63, 3.8) is 0 Å². The van der Waals surface area contributed by atoms with Gasteiger partial charge in [-0.1, -0.05) is 0 Å². The Kier molecular flexibility index (Phi) is 3.53. The van der Waals surface area contributed by atoms with E-state index in [1.807, 2.05) is 6.92 Å². The van der Waals surface area contributed by atoms with E-state index in [9.17, 15) is 14.7 Å². The number of rotatable bonds is 2. The number of aliphatic hydroxyl groups excluding tert-OH is 1. The van der Waals surface area contributed by atoms with Crippen LogP contribution >= 0.6 is 0 Å². The zero-order valence-corrected chi connectivity index (χ0v) is 10.8. The average Bonchev–Trinajstić information content (AvgIpc) is 2.70. The number of carboxylic acid groups (broad SMARTS) is 1. The second-order valence-electron chi connectivity index (χ2n) is 4.79. The second-order valence-corrected chi connectivity index (χ2v) is 4.79. The number of likely N-dealkylation sites (tertiary alicyclic amines) is 1. The molecule has 0 unspecified atom stereocenters. The topological polar surface area (TPSA) is 90.7 Å². The van der Waals surface area contributed by atoms with Crippen LogP contribution in [0.5, 0.6) is 0 Å². The molecule has 1 aromatic rings. The minimum atomic E-state index is -1.09. The van der Waals surface area contributed by atoms with Gasteiger partial charge in [0.05, 0.1) is 17.4 Å². The summed E-state index contributed by atoms with van der Waals surface area (Å²) in [6, 6.07) is 2.38. The van der Waals surface area contributed by atoms with E-state index in [2.05, 4.69) is 4.98 Å². The number of carbonyl (C=O) groups is 2. The minimum absolute atomic E-state index is 0.0448. The van der Waals surface area contributed by atoms with E-state index < -0.39 is 24.0 Å². The Hall–Kier alpha value is -1.95. The molecule has 1 aliphatic heterocycles. The number of hydrogen-bond acceptors (Lipinski definition) is 4. The summed E-state index contributed by atoms with van der Waals surface area (Å²) in [5, 5.41) is 18.6. The van der Waals surface area contributed by atoms with Crippen molar-refractivity contribution in [3.8, 4) is 0 Å². The smallest absolute Gasteiger partial charge is 0.326 e. The minimum Gasteiger partial charge on any atom is -0.480 e. The third-order valence-corrected chi connectivity index (χ3v) is 3.28. The zero-order chi connectivity index (χ0) is 14.2. The molecule has 2 rings (SSSR count). The van der Waals surface area contributed by atoms with Crippen LogP contribution in [0.4, 0.5) is 0 Å². The molecular weight excluding hydrogens is 248 g/mol. The largest absolute Gasteiger partial charge is 0.480 e. The summed E-state index contributed by atoms with van der Waals surface area (Å²) < 4.78 is 0. The average molecular weight is 264 g/mol. The van der Waals surface area contributed by atoms with Gasteiger partial charge in [0.1, 0.15) is 6.04 Å². The molecule has 0 aliphatic carbocycles. The maximum Gasteiger partial charge on any atom is 0.326 e. The summed E-state index contributed by atoms with van der Waals surface area (Å²) in [6.07, 6.45) is -0.719. The van der Waals surface area contributed by atoms with Crippen LogP contribution in [0.1, 0.15) is 28.2 Å². The lowest BCUT2D eigenvalue weighted by molar-refractivity contribution is -0.141. The van der Waals surface area contributed by atoms with Gasteiger partial charge in [-0.3, -0.25) is 9.78 Å². The molecule has 0 radical (unpaired) electrons. The van der Waals surface area contributed by atoms with E-state index in [0.717, 1.165) is 5.69 Å². The summed E-state index contributed by atoms with van der Waals surface area (Å²) in [5.74, 6) is -1.49.